The van der Waals surface area contributed by atoms with Crippen molar-refractivity contribution in [3.8, 4) is 0 Å². The Hall–Kier alpha value is -3.67. The highest BCUT2D eigenvalue weighted by Gasteiger charge is 2.27. The fraction of sp³-hybridized carbons (Fsp3) is 0.387. The lowest BCUT2D eigenvalue weighted by molar-refractivity contribution is -0.148. The summed E-state index contributed by atoms with van der Waals surface area (Å²) in [4.78, 5) is 39.2. The maximum absolute atomic E-state index is 13.7. The predicted molar refractivity (Wildman–Crippen MR) is 147 cm³/mol. The van der Waals surface area contributed by atoms with Gasteiger partial charge in [0.1, 0.15) is 5.60 Å². The molecular weight excluding hydrogens is 466 g/mol. The number of methoxy groups -OCH3 is 1. The van der Waals surface area contributed by atoms with Crippen LogP contribution in [0.5, 0.6) is 0 Å². The minimum absolute atomic E-state index is 0.00161. The molecule has 37 heavy (non-hydrogen) atoms. The van der Waals surface area contributed by atoms with Crippen LogP contribution < -0.4 is 4.90 Å². The number of hydrogen-bond donors (Lipinski definition) is 0. The van der Waals surface area contributed by atoms with E-state index in [0.717, 1.165) is 48.1 Å². The molecule has 0 N–H and O–H groups in total. The summed E-state index contributed by atoms with van der Waals surface area (Å²) in [5, 5.41) is 0. The number of hydrogen-bond acceptors (Lipinski definition) is 5. The quantitative estimate of drug-likeness (QED) is 0.310. The zero-order valence-electron chi connectivity index (χ0n) is 22.2. The first-order valence-electron chi connectivity index (χ1n) is 12.8. The van der Waals surface area contributed by atoms with Crippen molar-refractivity contribution in [1.29, 1.82) is 0 Å². The van der Waals surface area contributed by atoms with Gasteiger partial charge in [0.15, 0.2) is 0 Å². The standard InChI is InChI=1S/C31H37NO5/c1-31(2,3)37-29(34)19-17-23-10-8-12-25(20-23)22-32(30(35)26-13-6-5-7-14-26)27-15-9-11-24(21-27)16-18-28(33)36-4/h8-12,15-21,26H,5-7,13-14,22H2,1-4H3/b18-16+,19-17+. The predicted octanol–water partition coefficient (Wildman–Crippen LogP) is 6.34. The summed E-state index contributed by atoms with van der Waals surface area (Å²) in [6, 6.07) is 15.4. The molecule has 3 rings (SSSR count). The van der Waals surface area contributed by atoms with Crippen LogP contribution in [0.4, 0.5) is 5.69 Å². The third-order valence-corrected chi connectivity index (χ3v) is 6.13. The van der Waals surface area contributed by atoms with E-state index in [0.29, 0.717) is 6.54 Å². The Morgan fingerprint density at radius 1 is 0.892 bits per heavy atom. The topological polar surface area (TPSA) is 72.9 Å². The second-order valence-electron chi connectivity index (χ2n) is 10.3. The van der Waals surface area contributed by atoms with Crippen LogP contribution in [-0.2, 0) is 30.4 Å². The SMILES string of the molecule is COC(=O)/C=C/c1cccc(N(Cc2cccc(/C=C/C(=O)OC(C)(C)C)c2)C(=O)C2CCCCC2)c1. The van der Waals surface area contributed by atoms with Crippen molar-refractivity contribution in [3.63, 3.8) is 0 Å². The molecule has 2 aromatic rings. The van der Waals surface area contributed by atoms with E-state index in [1.807, 2.05) is 74.2 Å². The molecule has 1 aliphatic carbocycles. The number of carbonyl (C=O) groups is 3. The molecule has 0 radical (unpaired) electrons. The summed E-state index contributed by atoms with van der Waals surface area (Å²) in [5.41, 5.74) is 2.83. The molecule has 0 aliphatic heterocycles. The molecule has 0 unspecified atom stereocenters. The number of rotatable bonds is 8. The fourth-order valence-electron chi connectivity index (χ4n) is 4.37. The lowest BCUT2D eigenvalue weighted by Crippen LogP contribution is -2.36. The lowest BCUT2D eigenvalue weighted by Gasteiger charge is -2.30. The van der Waals surface area contributed by atoms with E-state index in [1.165, 1.54) is 25.7 Å². The highest BCUT2D eigenvalue weighted by molar-refractivity contribution is 5.95. The molecule has 0 aromatic heterocycles. The first-order valence-corrected chi connectivity index (χ1v) is 12.8. The van der Waals surface area contributed by atoms with E-state index < -0.39 is 17.5 Å². The normalized spacial score (nSPS) is 14.6. The summed E-state index contributed by atoms with van der Waals surface area (Å²) >= 11 is 0. The summed E-state index contributed by atoms with van der Waals surface area (Å²) in [5.74, 6) is -0.720. The molecule has 0 saturated heterocycles. The number of anilines is 1. The number of esters is 2. The highest BCUT2D eigenvalue weighted by Crippen LogP contribution is 2.29. The second kappa shape index (κ2) is 13.0. The Morgan fingerprint density at radius 3 is 2.16 bits per heavy atom. The van der Waals surface area contributed by atoms with Gasteiger partial charge < -0.3 is 14.4 Å². The van der Waals surface area contributed by atoms with Gasteiger partial charge in [-0.3, -0.25) is 4.79 Å². The van der Waals surface area contributed by atoms with Gasteiger partial charge in [-0.2, -0.15) is 0 Å². The van der Waals surface area contributed by atoms with Gasteiger partial charge in [0.25, 0.3) is 0 Å². The van der Waals surface area contributed by atoms with E-state index in [4.69, 9.17) is 9.47 Å². The summed E-state index contributed by atoms with van der Waals surface area (Å²) in [6.45, 7) is 5.89. The highest BCUT2D eigenvalue weighted by atomic mass is 16.6. The smallest absolute Gasteiger partial charge is 0.331 e. The monoisotopic (exact) mass is 503 g/mol. The molecule has 1 saturated carbocycles. The van der Waals surface area contributed by atoms with Gasteiger partial charge in [0, 0.05) is 23.8 Å². The van der Waals surface area contributed by atoms with Crippen molar-refractivity contribution in [1.82, 2.24) is 0 Å². The van der Waals surface area contributed by atoms with Crippen LogP contribution in [0.3, 0.4) is 0 Å². The maximum Gasteiger partial charge on any atom is 0.331 e. The van der Waals surface area contributed by atoms with Gasteiger partial charge in [-0.05, 0) is 80.7 Å². The van der Waals surface area contributed by atoms with E-state index in [-0.39, 0.29) is 11.8 Å². The zero-order valence-corrected chi connectivity index (χ0v) is 22.2. The van der Waals surface area contributed by atoms with Crippen molar-refractivity contribution in [2.45, 2.75) is 65.0 Å². The average Bonchev–Trinajstić information content (AvgIpc) is 2.88. The van der Waals surface area contributed by atoms with E-state index in [9.17, 15) is 14.4 Å². The minimum atomic E-state index is -0.552. The molecule has 2 aromatic carbocycles. The molecule has 0 heterocycles. The van der Waals surface area contributed by atoms with Crippen LogP contribution in [0, 0.1) is 5.92 Å². The van der Waals surface area contributed by atoms with Crippen LogP contribution in [-0.4, -0.2) is 30.6 Å². The van der Waals surface area contributed by atoms with E-state index >= 15 is 0 Å². The van der Waals surface area contributed by atoms with Gasteiger partial charge in [-0.15, -0.1) is 0 Å². The first kappa shape index (κ1) is 27.9. The van der Waals surface area contributed by atoms with Crippen molar-refractivity contribution in [3.05, 3.63) is 77.4 Å². The molecule has 0 atom stereocenters. The minimum Gasteiger partial charge on any atom is -0.466 e. The molecule has 6 heteroatoms. The molecule has 196 valence electrons. The van der Waals surface area contributed by atoms with Crippen molar-refractivity contribution in [2.75, 3.05) is 12.0 Å². The summed E-state index contributed by atoms with van der Waals surface area (Å²) in [7, 11) is 1.34. The molecule has 6 nitrogen and oxygen atoms in total. The van der Waals surface area contributed by atoms with Crippen molar-refractivity contribution < 1.29 is 23.9 Å². The Labute approximate surface area is 220 Å². The van der Waals surface area contributed by atoms with Crippen LogP contribution in [0.2, 0.25) is 0 Å². The first-order chi connectivity index (χ1) is 17.6. The Kier molecular flexibility index (Phi) is 9.84. The Balaban J connectivity index is 1.86. The number of carbonyl (C=O) groups excluding carboxylic acids is 3. The average molecular weight is 504 g/mol. The number of benzene rings is 2. The van der Waals surface area contributed by atoms with Gasteiger partial charge in [-0.1, -0.05) is 49.6 Å². The van der Waals surface area contributed by atoms with Crippen LogP contribution >= 0.6 is 0 Å². The molecule has 1 aliphatic rings. The van der Waals surface area contributed by atoms with Crippen molar-refractivity contribution >= 4 is 35.7 Å². The Bertz CT molecular complexity index is 1150. The van der Waals surface area contributed by atoms with Crippen LogP contribution in [0.1, 0.15) is 69.6 Å². The molecule has 1 amide bonds. The van der Waals surface area contributed by atoms with Crippen LogP contribution in [0.25, 0.3) is 12.2 Å². The third-order valence-electron chi connectivity index (χ3n) is 6.13. The number of nitrogens with zero attached hydrogens (tertiary/aromatic N) is 1. The molecule has 1 fully saturated rings. The lowest BCUT2D eigenvalue weighted by atomic mass is 9.88. The zero-order chi connectivity index (χ0) is 26.8. The third kappa shape index (κ3) is 9.05. The molecule has 0 bridgehead atoms. The van der Waals surface area contributed by atoms with Gasteiger partial charge in [0.2, 0.25) is 5.91 Å². The van der Waals surface area contributed by atoms with Gasteiger partial charge >= 0.3 is 11.9 Å². The van der Waals surface area contributed by atoms with Gasteiger partial charge in [-0.25, -0.2) is 9.59 Å². The number of ether oxygens (including phenoxy) is 2. The van der Waals surface area contributed by atoms with Crippen molar-refractivity contribution in [2.24, 2.45) is 5.92 Å². The van der Waals surface area contributed by atoms with Crippen LogP contribution in [0.15, 0.2) is 60.7 Å². The van der Waals surface area contributed by atoms with Gasteiger partial charge in [0.05, 0.1) is 13.7 Å². The largest absolute Gasteiger partial charge is 0.466 e. The fourth-order valence-corrected chi connectivity index (χ4v) is 4.37. The second-order valence-corrected chi connectivity index (χ2v) is 10.3. The summed E-state index contributed by atoms with van der Waals surface area (Å²) in [6.07, 6.45) is 11.3. The molecule has 0 spiro atoms. The van der Waals surface area contributed by atoms with E-state index in [1.54, 1.807) is 12.2 Å². The Morgan fingerprint density at radius 2 is 1.51 bits per heavy atom. The van der Waals surface area contributed by atoms with E-state index in [2.05, 4.69) is 0 Å². The maximum atomic E-state index is 13.7. The molecular formula is C31H37NO5. The summed E-state index contributed by atoms with van der Waals surface area (Å²) < 4.78 is 10.0. The number of amides is 1.